The Balaban J connectivity index is 1.90. The normalized spacial score (nSPS) is 11.5. The number of hydrogen-bond donors (Lipinski definition) is 0. The predicted molar refractivity (Wildman–Crippen MR) is 103 cm³/mol. The molecule has 0 unspecified atom stereocenters. The maximum Gasteiger partial charge on any atom is 0.230 e. The molecule has 0 fully saturated rings. The van der Waals surface area contributed by atoms with Gasteiger partial charge in [0.2, 0.25) is 5.95 Å². The summed E-state index contributed by atoms with van der Waals surface area (Å²) < 4.78 is 2.21. The molecule has 1 aromatic heterocycles. The number of aryl methyl sites for hydroxylation is 1. The van der Waals surface area contributed by atoms with Crippen LogP contribution in [0.15, 0.2) is 53.5 Å². The second kappa shape index (κ2) is 7.30. The number of unbranched alkanes of at least 4 members (excludes halogenated alkanes) is 1. The molecule has 0 saturated carbocycles. The van der Waals surface area contributed by atoms with Crippen LogP contribution in [-0.4, -0.2) is 29.9 Å². The van der Waals surface area contributed by atoms with Gasteiger partial charge in [-0.25, -0.2) is 9.98 Å². The van der Waals surface area contributed by atoms with E-state index < -0.39 is 0 Å². The Kier molecular flexibility index (Phi) is 4.94. The third-order valence-electron chi connectivity index (χ3n) is 4.11. The summed E-state index contributed by atoms with van der Waals surface area (Å²) in [6.45, 7) is 3.15. The van der Waals surface area contributed by atoms with Gasteiger partial charge in [-0.05, 0) is 36.2 Å². The van der Waals surface area contributed by atoms with Crippen molar-refractivity contribution in [2.45, 2.75) is 26.3 Å². The Morgan fingerprint density at radius 3 is 2.54 bits per heavy atom. The van der Waals surface area contributed by atoms with E-state index in [-0.39, 0.29) is 0 Å². The lowest BCUT2D eigenvalue weighted by Gasteiger charge is -2.11. The summed E-state index contributed by atoms with van der Waals surface area (Å²) >= 11 is 0. The maximum absolute atomic E-state index is 4.68. The minimum absolute atomic E-state index is 0.779. The molecule has 0 saturated heterocycles. The van der Waals surface area contributed by atoms with Crippen LogP contribution in [0.1, 0.15) is 25.3 Å². The van der Waals surface area contributed by atoms with Crippen molar-refractivity contribution >= 4 is 28.9 Å². The number of aromatic nitrogens is 2. The van der Waals surface area contributed by atoms with Gasteiger partial charge in [0.15, 0.2) is 0 Å². The Labute approximate surface area is 143 Å². The van der Waals surface area contributed by atoms with Crippen LogP contribution in [0.25, 0.3) is 11.0 Å². The number of benzene rings is 2. The number of hydrogen-bond acceptors (Lipinski definition) is 3. The molecule has 1 heterocycles. The zero-order chi connectivity index (χ0) is 16.9. The van der Waals surface area contributed by atoms with Gasteiger partial charge >= 0.3 is 0 Å². The quantitative estimate of drug-likeness (QED) is 0.619. The predicted octanol–water partition coefficient (Wildman–Crippen LogP) is 4.65. The van der Waals surface area contributed by atoms with E-state index in [1.807, 2.05) is 32.4 Å². The molecule has 0 bridgehead atoms. The first-order valence-electron chi connectivity index (χ1n) is 8.45. The van der Waals surface area contributed by atoms with Crippen molar-refractivity contribution in [3.8, 4) is 0 Å². The topological polar surface area (TPSA) is 33.4 Å². The number of anilines is 1. The van der Waals surface area contributed by atoms with E-state index in [2.05, 4.69) is 62.8 Å². The Bertz CT molecular complexity index is 828. The van der Waals surface area contributed by atoms with Crippen LogP contribution in [-0.2, 0) is 6.54 Å². The molecule has 0 aliphatic rings. The van der Waals surface area contributed by atoms with Crippen LogP contribution in [0, 0.1) is 0 Å². The highest BCUT2D eigenvalue weighted by atomic mass is 15.2. The summed E-state index contributed by atoms with van der Waals surface area (Å²) in [6, 6.07) is 16.6. The molecule has 0 N–H and O–H groups in total. The van der Waals surface area contributed by atoms with Crippen LogP contribution in [0.5, 0.6) is 0 Å². The third-order valence-corrected chi connectivity index (χ3v) is 4.11. The number of fused-ring (bicyclic) bond motifs is 1. The Morgan fingerprint density at radius 1 is 1.08 bits per heavy atom. The first kappa shape index (κ1) is 16.2. The summed E-state index contributed by atoms with van der Waals surface area (Å²) in [7, 11) is 4.08. The van der Waals surface area contributed by atoms with Gasteiger partial charge in [-0.2, -0.15) is 0 Å². The average molecular weight is 320 g/mol. The van der Waals surface area contributed by atoms with Gasteiger partial charge in [0.05, 0.1) is 11.0 Å². The molecule has 2 aromatic carbocycles. The summed E-state index contributed by atoms with van der Waals surface area (Å²) in [6.07, 6.45) is 4.17. The smallest absolute Gasteiger partial charge is 0.230 e. The fourth-order valence-corrected chi connectivity index (χ4v) is 2.69. The van der Waals surface area contributed by atoms with Gasteiger partial charge in [-0.3, -0.25) is 0 Å². The van der Waals surface area contributed by atoms with E-state index >= 15 is 0 Å². The molecule has 24 heavy (non-hydrogen) atoms. The second-order valence-corrected chi connectivity index (χ2v) is 6.15. The number of aliphatic imine (C=N–C) groups is 1. The molecule has 0 atom stereocenters. The largest absolute Gasteiger partial charge is 0.378 e. The Morgan fingerprint density at radius 2 is 1.83 bits per heavy atom. The lowest BCUT2D eigenvalue weighted by Crippen LogP contribution is -2.08. The van der Waals surface area contributed by atoms with Gasteiger partial charge in [-0.1, -0.05) is 37.6 Å². The molecule has 124 valence electrons. The van der Waals surface area contributed by atoms with Gasteiger partial charge in [-0.15, -0.1) is 0 Å². The summed E-state index contributed by atoms with van der Waals surface area (Å²) in [5.41, 5.74) is 4.42. The Hall–Kier alpha value is -2.62. The molecule has 3 rings (SSSR count). The van der Waals surface area contributed by atoms with E-state index in [0.29, 0.717) is 0 Å². The van der Waals surface area contributed by atoms with Crippen LogP contribution in [0.3, 0.4) is 0 Å². The van der Waals surface area contributed by atoms with E-state index in [0.717, 1.165) is 41.9 Å². The van der Waals surface area contributed by atoms with E-state index in [9.17, 15) is 0 Å². The SMILES string of the molecule is CCCCn1c(/N=C/c2ccc(N(C)C)cc2)nc2ccccc21. The highest BCUT2D eigenvalue weighted by Gasteiger charge is 2.08. The molecule has 4 heteroatoms. The minimum Gasteiger partial charge on any atom is -0.378 e. The number of nitrogens with zero attached hydrogens (tertiary/aromatic N) is 4. The lowest BCUT2D eigenvalue weighted by atomic mass is 10.2. The van der Waals surface area contributed by atoms with Crippen molar-refractivity contribution in [3.05, 3.63) is 54.1 Å². The second-order valence-electron chi connectivity index (χ2n) is 6.15. The lowest BCUT2D eigenvalue weighted by molar-refractivity contribution is 0.649. The zero-order valence-electron chi connectivity index (χ0n) is 14.6. The van der Waals surface area contributed by atoms with Crippen molar-refractivity contribution in [3.63, 3.8) is 0 Å². The minimum atomic E-state index is 0.779. The summed E-state index contributed by atoms with van der Waals surface area (Å²) in [5.74, 6) is 0.779. The third kappa shape index (κ3) is 3.48. The van der Waals surface area contributed by atoms with Crippen LogP contribution in [0.4, 0.5) is 11.6 Å². The van der Waals surface area contributed by atoms with Gasteiger partial charge < -0.3 is 9.47 Å². The standard InChI is InChI=1S/C20H24N4/c1-4-5-14-24-19-9-7-6-8-18(19)22-20(24)21-15-16-10-12-17(13-11-16)23(2)3/h6-13,15H,4-5,14H2,1-3H3/b21-15+. The fraction of sp³-hybridized carbons (Fsp3) is 0.300. The molecule has 3 aromatic rings. The first-order chi connectivity index (χ1) is 11.7. The van der Waals surface area contributed by atoms with E-state index in [4.69, 9.17) is 0 Å². The van der Waals surface area contributed by atoms with Crippen molar-refractivity contribution in [2.75, 3.05) is 19.0 Å². The van der Waals surface area contributed by atoms with Crippen molar-refractivity contribution < 1.29 is 0 Å². The monoisotopic (exact) mass is 320 g/mol. The molecule has 4 nitrogen and oxygen atoms in total. The first-order valence-corrected chi connectivity index (χ1v) is 8.45. The van der Waals surface area contributed by atoms with E-state index in [1.165, 1.54) is 5.69 Å². The van der Waals surface area contributed by atoms with Crippen molar-refractivity contribution in [1.82, 2.24) is 9.55 Å². The van der Waals surface area contributed by atoms with Crippen LogP contribution in [0.2, 0.25) is 0 Å². The number of para-hydroxylation sites is 2. The maximum atomic E-state index is 4.68. The molecule has 0 radical (unpaired) electrons. The molecule has 0 aliphatic carbocycles. The summed E-state index contributed by atoms with van der Waals surface area (Å²) in [4.78, 5) is 11.4. The number of rotatable bonds is 6. The highest BCUT2D eigenvalue weighted by molar-refractivity contribution is 5.84. The molecule has 0 amide bonds. The average Bonchev–Trinajstić information content (AvgIpc) is 2.96. The van der Waals surface area contributed by atoms with Gasteiger partial charge in [0.25, 0.3) is 0 Å². The molecule has 0 aliphatic heterocycles. The van der Waals surface area contributed by atoms with Crippen molar-refractivity contribution in [2.24, 2.45) is 4.99 Å². The fourth-order valence-electron chi connectivity index (χ4n) is 2.69. The van der Waals surface area contributed by atoms with E-state index in [1.54, 1.807) is 0 Å². The summed E-state index contributed by atoms with van der Waals surface area (Å²) in [5, 5.41) is 0. The van der Waals surface area contributed by atoms with Gasteiger partial charge in [0, 0.05) is 32.5 Å². The van der Waals surface area contributed by atoms with Crippen LogP contribution >= 0.6 is 0 Å². The number of imidazole rings is 1. The highest BCUT2D eigenvalue weighted by Crippen LogP contribution is 2.22. The molecular weight excluding hydrogens is 296 g/mol. The molecule has 0 spiro atoms. The zero-order valence-corrected chi connectivity index (χ0v) is 14.6. The van der Waals surface area contributed by atoms with Gasteiger partial charge in [0.1, 0.15) is 0 Å². The van der Waals surface area contributed by atoms with Crippen molar-refractivity contribution in [1.29, 1.82) is 0 Å². The van der Waals surface area contributed by atoms with Crippen LogP contribution < -0.4 is 4.90 Å². The molecular formula is C20H24N4.